The number of hydrogen-bond acceptors (Lipinski definition) is 6. The third-order valence-corrected chi connectivity index (χ3v) is 12.5. The Morgan fingerprint density at radius 3 is 1.24 bits per heavy atom. The summed E-state index contributed by atoms with van der Waals surface area (Å²) < 4.78 is 60.7. The van der Waals surface area contributed by atoms with E-state index in [2.05, 4.69) is 22.8 Å². The van der Waals surface area contributed by atoms with Crippen molar-refractivity contribution < 1.29 is 37.4 Å². The van der Waals surface area contributed by atoms with Crippen LogP contribution in [0.1, 0.15) is 88.5 Å². The van der Waals surface area contributed by atoms with E-state index in [1.165, 1.54) is 60.7 Å². The van der Waals surface area contributed by atoms with Crippen LogP contribution in [0.5, 0.6) is 0 Å². The van der Waals surface area contributed by atoms with Gasteiger partial charge in [-0.05, 0) is 71.2 Å². The normalized spacial score (nSPS) is 25.9. The lowest BCUT2D eigenvalue weighted by Gasteiger charge is -2.37. The largest absolute Gasteiger partial charge is 0.480 e. The van der Waals surface area contributed by atoms with Crippen molar-refractivity contribution in [2.24, 2.45) is 10.8 Å². The number of aliphatic carboxylic acids is 2. The van der Waals surface area contributed by atoms with Gasteiger partial charge >= 0.3 is 11.9 Å². The van der Waals surface area contributed by atoms with Crippen LogP contribution in [0.4, 0.5) is 17.6 Å². The molecule has 0 aromatic heterocycles. The molecule has 0 saturated carbocycles. The number of benzene rings is 4. The van der Waals surface area contributed by atoms with Crippen molar-refractivity contribution in [3.63, 3.8) is 0 Å². The highest BCUT2D eigenvalue weighted by Crippen LogP contribution is 2.54. The average molecular weight is 935 g/mol. The van der Waals surface area contributed by atoms with E-state index in [0.29, 0.717) is 12.8 Å². The fourth-order valence-corrected chi connectivity index (χ4v) is 9.77. The van der Waals surface area contributed by atoms with Gasteiger partial charge in [-0.2, -0.15) is 10.5 Å². The van der Waals surface area contributed by atoms with Gasteiger partial charge in [0.2, 0.25) is 0 Å². The highest BCUT2D eigenvalue weighted by molar-refractivity contribution is 6.31. The van der Waals surface area contributed by atoms with Crippen molar-refractivity contribution in [1.29, 1.82) is 10.5 Å². The molecular formula is C46H44Cl4F4N4O4. The van der Waals surface area contributed by atoms with Crippen molar-refractivity contribution in [2.75, 3.05) is 0 Å². The van der Waals surface area contributed by atoms with E-state index in [9.17, 15) is 30.3 Å². The summed E-state index contributed by atoms with van der Waals surface area (Å²) in [6.45, 7) is 11.6. The van der Waals surface area contributed by atoms with Crippen LogP contribution in [-0.4, -0.2) is 46.3 Å². The van der Waals surface area contributed by atoms with Crippen LogP contribution in [0, 0.1) is 56.8 Å². The molecule has 8 nitrogen and oxygen atoms in total. The van der Waals surface area contributed by atoms with Crippen molar-refractivity contribution in [3.8, 4) is 12.1 Å². The molecule has 0 radical (unpaired) electrons. The number of halogens is 8. The summed E-state index contributed by atoms with van der Waals surface area (Å²) in [5, 5.41) is 46.7. The minimum absolute atomic E-state index is 0.0331. The zero-order valence-corrected chi connectivity index (χ0v) is 37.5. The number of hydrogen-bond donors (Lipinski definition) is 4. The predicted molar refractivity (Wildman–Crippen MR) is 231 cm³/mol. The first-order chi connectivity index (χ1) is 28.8. The van der Waals surface area contributed by atoms with Crippen LogP contribution in [-0.2, 0) is 20.4 Å². The van der Waals surface area contributed by atoms with Crippen LogP contribution >= 0.6 is 46.4 Å². The Morgan fingerprint density at radius 2 is 0.968 bits per heavy atom. The quantitative estimate of drug-likeness (QED) is 0.128. The topological polar surface area (TPSA) is 146 Å². The lowest BCUT2D eigenvalue weighted by atomic mass is 9.62. The summed E-state index contributed by atoms with van der Waals surface area (Å²) in [6, 6.07) is 16.3. The number of carboxylic acids is 2. The van der Waals surface area contributed by atoms with Gasteiger partial charge in [-0.1, -0.05) is 124 Å². The van der Waals surface area contributed by atoms with Crippen LogP contribution in [0.25, 0.3) is 0 Å². The lowest BCUT2D eigenvalue weighted by molar-refractivity contribution is -0.140. The molecular weight excluding hydrogens is 890 g/mol. The molecule has 62 heavy (non-hydrogen) atoms. The first-order valence-corrected chi connectivity index (χ1v) is 20.9. The minimum Gasteiger partial charge on any atom is -0.480 e. The van der Waals surface area contributed by atoms with Gasteiger partial charge in [0.15, 0.2) is 0 Å². The molecule has 16 heteroatoms. The molecule has 4 aromatic carbocycles. The molecule has 4 N–H and O–H groups in total. The monoisotopic (exact) mass is 932 g/mol. The fourth-order valence-electron chi connectivity index (χ4n) is 9.09. The molecule has 2 aliphatic rings. The highest BCUT2D eigenvalue weighted by atomic mass is 35.5. The second kappa shape index (κ2) is 18.4. The molecule has 0 amide bonds. The maximum Gasteiger partial charge on any atom is 0.321 e. The minimum atomic E-state index is -1.73. The number of rotatable bonds is 8. The number of nitrogens with zero attached hydrogens (tertiary/aromatic N) is 2. The second-order valence-electron chi connectivity index (χ2n) is 18.1. The Bertz CT molecular complexity index is 2300. The molecule has 6 rings (SSSR count). The fraction of sp³-hybridized carbons (Fsp3) is 0.391. The van der Waals surface area contributed by atoms with Gasteiger partial charge < -0.3 is 10.2 Å². The third kappa shape index (κ3) is 9.29. The summed E-state index contributed by atoms with van der Waals surface area (Å²) in [7, 11) is 0. The third-order valence-electron chi connectivity index (χ3n) is 11.4. The zero-order chi connectivity index (χ0) is 46.3. The molecule has 2 saturated heterocycles. The SMILES string of the molecule is CC(C)(C)C[C@@H]1N[C@@H](C(=O)O)[C@H](c2cccc(Cl)c2F)[C@@]1(C#N)c1ccc(Cl)cc1F.CC(C)(C)C[C@H]1N[C@H](C(=O)O)[C@@H](c2cccc(Cl)c2F)[C@]1(C#N)c1ccc(Cl)cc1F. The summed E-state index contributed by atoms with van der Waals surface area (Å²) in [5.74, 6) is -8.18. The maximum absolute atomic E-state index is 15.2. The Hall–Kier alpha value is -4.40. The molecule has 8 atom stereocenters. The lowest BCUT2D eigenvalue weighted by Crippen LogP contribution is -2.44. The van der Waals surface area contributed by atoms with E-state index in [1.54, 1.807) is 0 Å². The summed E-state index contributed by atoms with van der Waals surface area (Å²) in [6.07, 6.45) is 0.677. The molecule has 0 bridgehead atoms. The van der Waals surface area contributed by atoms with E-state index in [-0.39, 0.29) is 53.2 Å². The van der Waals surface area contributed by atoms with Crippen LogP contribution in [0.3, 0.4) is 0 Å². The predicted octanol–water partition coefficient (Wildman–Crippen LogP) is 11.4. The Labute approximate surface area is 377 Å². The van der Waals surface area contributed by atoms with Crippen molar-refractivity contribution in [1.82, 2.24) is 10.6 Å². The maximum atomic E-state index is 15.2. The van der Waals surface area contributed by atoms with Crippen molar-refractivity contribution >= 4 is 58.3 Å². The summed E-state index contributed by atoms with van der Waals surface area (Å²) >= 11 is 23.8. The van der Waals surface area contributed by atoms with Gasteiger partial charge in [0, 0.05) is 45.1 Å². The number of carboxylic acid groups (broad SMARTS) is 2. The number of nitrogens with one attached hydrogen (secondary N) is 2. The van der Waals surface area contributed by atoms with Crippen LogP contribution in [0.2, 0.25) is 20.1 Å². The molecule has 0 unspecified atom stereocenters. The smallest absolute Gasteiger partial charge is 0.321 e. The van der Waals surface area contributed by atoms with Crippen LogP contribution < -0.4 is 10.6 Å². The van der Waals surface area contributed by atoms with Crippen molar-refractivity contribution in [2.45, 2.75) is 101 Å². The standard InChI is InChI=1S/2C23H22Cl2F2N2O2/c2*1-22(2,3)10-17-23(11-28,14-8-7-12(24)9-16(14)26)18(20(29-17)21(30)31)13-5-4-6-15(25)19(13)27/h2*4-9,17-18,20,29H,10H2,1-3H3,(H,30,31)/t2*17-,18-,20+,23-/m10/s1. The average Bonchev–Trinajstić information content (AvgIpc) is 3.65. The van der Waals surface area contributed by atoms with Gasteiger partial charge in [0.1, 0.15) is 46.2 Å². The molecule has 328 valence electrons. The Kier molecular flexibility index (Phi) is 14.4. The molecule has 0 spiro atoms. The number of nitriles is 2. The van der Waals surface area contributed by atoms with Gasteiger partial charge in [-0.15, -0.1) is 0 Å². The van der Waals surface area contributed by atoms with E-state index >= 15 is 17.6 Å². The first-order valence-electron chi connectivity index (χ1n) is 19.4. The molecule has 2 aliphatic heterocycles. The van der Waals surface area contributed by atoms with Gasteiger partial charge in [0.05, 0.1) is 22.2 Å². The van der Waals surface area contributed by atoms with E-state index in [1.807, 2.05) is 41.5 Å². The van der Waals surface area contributed by atoms with E-state index < -0.39 is 82.0 Å². The summed E-state index contributed by atoms with van der Waals surface area (Å²) in [5.41, 5.74) is -4.31. The molecule has 2 heterocycles. The number of carbonyl (C=O) groups is 2. The van der Waals surface area contributed by atoms with E-state index in [4.69, 9.17) is 46.4 Å². The Morgan fingerprint density at radius 1 is 0.629 bits per heavy atom. The summed E-state index contributed by atoms with van der Waals surface area (Å²) in [4.78, 5) is 24.4. The Balaban J connectivity index is 0.000000234. The zero-order valence-electron chi connectivity index (χ0n) is 34.4. The van der Waals surface area contributed by atoms with Crippen LogP contribution in [0.15, 0.2) is 72.8 Å². The van der Waals surface area contributed by atoms with E-state index in [0.717, 1.165) is 12.1 Å². The highest BCUT2D eigenvalue weighted by Gasteiger charge is 2.63. The van der Waals surface area contributed by atoms with Gasteiger partial charge in [0.25, 0.3) is 0 Å². The molecule has 0 aliphatic carbocycles. The first kappa shape index (κ1) is 48.6. The van der Waals surface area contributed by atoms with Gasteiger partial charge in [-0.25, -0.2) is 17.6 Å². The van der Waals surface area contributed by atoms with Crippen molar-refractivity contribution in [3.05, 3.63) is 138 Å². The van der Waals surface area contributed by atoms with Gasteiger partial charge in [-0.3, -0.25) is 20.2 Å². The second-order valence-corrected chi connectivity index (χ2v) is 19.7. The molecule has 2 fully saturated rings. The molecule has 4 aromatic rings.